The van der Waals surface area contributed by atoms with Gasteiger partial charge in [0, 0.05) is 22.9 Å². The lowest BCUT2D eigenvalue weighted by molar-refractivity contribution is 0.0996. The third kappa shape index (κ3) is 4.21. The predicted molar refractivity (Wildman–Crippen MR) is 127 cm³/mol. The molecule has 1 aliphatic rings. The zero-order valence-electron chi connectivity index (χ0n) is 18.6. The average molecular weight is 444 g/mol. The molecule has 2 aromatic heterocycles. The SMILES string of the molecule is CCc1ccc(NC(=O)c2ccco2)cc1-c1c(-c2ccc(F)cc2)ncn1C1CCCC1. The van der Waals surface area contributed by atoms with Crippen molar-refractivity contribution in [1.82, 2.24) is 9.55 Å². The maximum Gasteiger partial charge on any atom is 0.291 e. The van der Waals surface area contributed by atoms with Crippen molar-refractivity contribution in [2.24, 2.45) is 0 Å². The quantitative estimate of drug-likeness (QED) is 0.353. The van der Waals surface area contributed by atoms with E-state index in [0.29, 0.717) is 11.7 Å². The second-order valence-corrected chi connectivity index (χ2v) is 8.45. The Bertz CT molecular complexity index is 1250. The zero-order valence-corrected chi connectivity index (χ0v) is 18.6. The molecule has 0 spiro atoms. The van der Waals surface area contributed by atoms with Gasteiger partial charge in [-0.05, 0) is 73.4 Å². The van der Waals surface area contributed by atoms with E-state index in [1.807, 2.05) is 24.5 Å². The highest BCUT2D eigenvalue weighted by molar-refractivity contribution is 6.02. The van der Waals surface area contributed by atoms with Gasteiger partial charge in [-0.25, -0.2) is 9.37 Å². The minimum atomic E-state index is -0.293. The van der Waals surface area contributed by atoms with Crippen LogP contribution in [0.2, 0.25) is 0 Å². The molecule has 0 saturated heterocycles. The van der Waals surface area contributed by atoms with Crippen LogP contribution in [0.1, 0.15) is 54.8 Å². The molecule has 1 saturated carbocycles. The number of nitrogens with zero attached hydrogens (tertiary/aromatic N) is 2. The first-order valence-corrected chi connectivity index (χ1v) is 11.4. The van der Waals surface area contributed by atoms with E-state index in [4.69, 9.17) is 9.40 Å². The van der Waals surface area contributed by atoms with E-state index in [-0.39, 0.29) is 17.5 Å². The third-order valence-corrected chi connectivity index (χ3v) is 6.38. The van der Waals surface area contributed by atoms with E-state index < -0.39 is 0 Å². The number of halogens is 1. The van der Waals surface area contributed by atoms with Crippen LogP contribution < -0.4 is 5.32 Å². The molecule has 0 bridgehead atoms. The summed E-state index contributed by atoms with van der Waals surface area (Å²) < 4.78 is 21.1. The summed E-state index contributed by atoms with van der Waals surface area (Å²) in [7, 11) is 0. The maximum atomic E-state index is 13.6. The number of amides is 1. The number of anilines is 1. The summed E-state index contributed by atoms with van der Waals surface area (Å²) in [6.45, 7) is 2.12. The number of nitrogens with one attached hydrogen (secondary N) is 1. The molecule has 33 heavy (non-hydrogen) atoms. The van der Waals surface area contributed by atoms with Crippen molar-refractivity contribution in [3.05, 3.63) is 84.3 Å². The van der Waals surface area contributed by atoms with Crippen LogP contribution in [-0.2, 0) is 6.42 Å². The molecule has 0 atom stereocenters. The predicted octanol–water partition coefficient (Wildman–Crippen LogP) is 6.88. The Labute approximate surface area is 192 Å². The van der Waals surface area contributed by atoms with Gasteiger partial charge in [0.1, 0.15) is 5.82 Å². The Balaban J connectivity index is 1.62. The molecule has 0 aliphatic heterocycles. The first-order valence-electron chi connectivity index (χ1n) is 11.4. The topological polar surface area (TPSA) is 60.1 Å². The van der Waals surface area contributed by atoms with Gasteiger partial charge in [0.15, 0.2) is 5.76 Å². The number of carbonyl (C=O) groups excluding carboxylic acids is 1. The minimum absolute atomic E-state index is 0.263. The van der Waals surface area contributed by atoms with Gasteiger partial charge in [-0.3, -0.25) is 4.79 Å². The number of furan rings is 1. The molecule has 2 aromatic carbocycles. The lowest BCUT2D eigenvalue weighted by atomic mass is 9.97. The van der Waals surface area contributed by atoms with E-state index in [1.165, 1.54) is 31.2 Å². The first-order chi connectivity index (χ1) is 16.1. The number of carbonyl (C=O) groups is 1. The van der Waals surface area contributed by atoms with Gasteiger partial charge in [0.25, 0.3) is 5.91 Å². The first kappa shape index (κ1) is 21.2. The number of hydrogen-bond acceptors (Lipinski definition) is 3. The Morgan fingerprint density at radius 1 is 1.15 bits per heavy atom. The molecule has 168 valence electrons. The van der Waals surface area contributed by atoms with E-state index >= 15 is 0 Å². The molecule has 5 rings (SSSR count). The zero-order chi connectivity index (χ0) is 22.8. The number of benzene rings is 2. The number of aryl methyl sites for hydroxylation is 1. The van der Waals surface area contributed by atoms with Crippen molar-refractivity contribution >= 4 is 11.6 Å². The third-order valence-electron chi connectivity index (χ3n) is 6.38. The maximum absolute atomic E-state index is 13.6. The molecule has 1 fully saturated rings. The van der Waals surface area contributed by atoms with Crippen molar-refractivity contribution < 1.29 is 13.6 Å². The van der Waals surface area contributed by atoms with E-state index in [0.717, 1.165) is 47.3 Å². The number of rotatable bonds is 6. The van der Waals surface area contributed by atoms with E-state index in [1.54, 1.807) is 24.3 Å². The second-order valence-electron chi connectivity index (χ2n) is 8.45. The summed E-state index contributed by atoms with van der Waals surface area (Å²) in [5, 5.41) is 2.94. The molecule has 1 aliphatic carbocycles. The van der Waals surface area contributed by atoms with Crippen molar-refractivity contribution in [3.8, 4) is 22.5 Å². The van der Waals surface area contributed by atoms with Gasteiger partial charge in [-0.1, -0.05) is 25.8 Å². The van der Waals surface area contributed by atoms with Gasteiger partial charge in [0.05, 0.1) is 24.0 Å². The molecule has 5 nitrogen and oxygen atoms in total. The Hall–Kier alpha value is -3.67. The second kappa shape index (κ2) is 9.06. The summed E-state index contributed by atoms with van der Waals surface area (Å²) in [4.78, 5) is 17.3. The number of imidazole rings is 1. The molecule has 0 radical (unpaired) electrons. The summed E-state index contributed by atoms with van der Waals surface area (Å²) >= 11 is 0. The Morgan fingerprint density at radius 3 is 2.64 bits per heavy atom. The summed E-state index contributed by atoms with van der Waals surface area (Å²) in [6.07, 6.45) is 8.86. The lowest BCUT2D eigenvalue weighted by Crippen LogP contribution is -2.11. The smallest absolute Gasteiger partial charge is 0.291 e. The number of aromatic nitrogens is 2. The van der Waals surface area contributed by atoms with Crippen molar-refractivity contribution in [3.63, 3.8) is 0 Å². The van der Waals surface area contributed by atoms with Crippen LogP contribution >= 0.6 is 0 Å². The standard InChI is InChI=1S/C27H26FN3O2/c1-2-18-11-14-21(30-27(32)24-8-5-15-33-24)16-23(18)26-25(19-9-12-20(28)13-10-19)29-17-31(26)22-6-3-4-7-22/h5,8-17,22H,2-4,6-7H2,1H3,(H,30,32). The van der Waals surface area contributed by atoms with Gasteiger partial charge < -0.3 is 14.3 Å². The highest BCUT2D eigenvalue weighted by Gasteiger charge is 2.25. The van der Waals surface area contributed by atoms with Gasteiger partial charge >= 0.3 is 0 Å². The van der Waals surface area contributed by atoms with Gasteiger partial charge in [-0.15, -0.1) is 0 Å². The summed E-state index contributed by atoms with van der Waals surface area (Å²) in [6, 6.07) is 16.2. The fourth-order valence-corrected chi connectivity index (χ4v) is 4.69. The summed E-state index contributed by atoms with van der Waals surface area (Å²) in [5.74, 6) is -0.301. The largest absolute Gasteiger partial charge is 0.459 e. The monoisotopic (exact) mass is 443 g/mol. The fraction of sp³-hybridized carbons (Fsp3) is 0.259. The highest BCUT2D eigenvalue weighted by atomic mass is 19.1. The molecular formula is C27H26FN3O2. The van der Waals surface area contributed by atoms with Crippen LogP contribution in [0.5, 0.6) is 0 Å². The lowest BCUT2D eigenvalue weighted by Gasteiger charge is -2.19. The van der Waals surface area contributed by atoms with Gasteiger partial charge in [0.2, 0.25) is 0 Å². The Kier molecular flexibility index (Phi) is 5.82. The summed E-state index contributed by atoms with van der Waals surface area (Å²) in [5.41, 5.74) is 5.58. The van der Waals surface area contributed by atoms with Crippen LogP contribution in [0.15, 0.2) is 71.6 Å². The minimum Gasteiger partial charge on any atom is -0.459 e. The van der Waals surface area contributed by atoms with Crippen LogP contribution in [0.4, 0.5) is 10.1 Å². The van der Waals surface area contributed by atoms with E-state index in [9.17, 15) is 9.18 Å². The molecule has 1 amide bonds. The van der Waals surface area contributed by atoms with Crippen LogP contribution in [0.25, 0.3) is 22.5 Å². The molecular weight excluding hydrogens is 417 g/mol. The van der Waals surface area contributed by atoms with Gasteiger partial charge in [-0.2, -0.15) is 0 Å². The van der Waals surface area contributed by atoms with Crippen molar-refractivity contribution in [2.75, 3.05) is 5.32 Å². The molecule has 6 heteroatoms. The molecule has 4 aromatic rings. The number of hydrogen-bond donors (Lipinski definition) is 1. The van der Waals surface area contributed by atoms with Crippen molar-refractivity contribution in [2.45, 2.75) is 45.1 Å². The average Bonchev–Trinajstić information content (AvgIpc) is 3.61. The Morgan fingerprint density at radius 2 is 1.94 bits per heavy atom. The van der Waals surface area contributed by atoms with Crippen molar-refractivity contribution in [1.29, 1.82) is 0 Å². The van der Waals surface area contributed by atoms with Crippen LogP contribution in [0, 0.1) is 5.82 Å². The van der Waals surface area contributed by atoms with E-state index in [2.05, 4.69) is 16.8 Å². The molecule has 1 N–H and O–H groups in total. The van der Waals surface area contributed by atoms with Crippen LogP contribution in [0.3, 0.4) is 0 Å². The fourth-order valence-electron chi connectivity index (χ4n) is 4.69. The highest BCUT2D eigenvalue weighted by Crippen LogP contribution is 2.40. The molecule has 2 heterocycles. The normalized spacial score (nSPS) is 14.0. The van der Waals surface area contributed by atoms with Crippen LogP contribution in [-0.4, -0.2) is 15.5 Å². The molecule has 0 unspecified atom stereocenters.